The van der Waals surface area contributed by atoms with Gasteiger partial charge < -0.3 is 14.6 Å². The van der Waals surface area contributed by atoms with E-state index in [1.807, 2.05) is 57.2 Å². The number of benzene rings is 2. The van der Waals surface area contributed by atoms with E-state index in [-0.39, 0.29) is 18.2 Å². The normalized spacial score (nSPS) is 10.7. The Morgan fingerprint density at radius 3 is 2.56 bits per heavy atom. The second-order valence-electron chi connectivity index (χ2n) is 6.80. The van der Waals surface area contributed by atoms with E-state index in [9.17, 15) is 4.79 Å². The largest absolute Gasteiger partial charge is 0.489 e. The molecule has 1 aromatic heterocycles. The Kier molecular flexibility index (Phi) is 5.31. The number of carbonyl (C=O) groups excluding carboxylic acids is 1. The van der Waals surface area contributed by atoms with E-state index in [0.29, 0.717) is 11.3 Å². The minimum absolute atomic E-state index is 0.216. The van der Waals surface area contributed by atoms with Crippen molar-refractivity contribution in [1.29, 1.82) is 0 Å². The van der Waals surface area contributed by atoms with E-state index in [1.54, 1.807) is 6.92 Å². The van der Waals surface area contributed by atoms with E-state index in [1.165, 1.54) is 5.56 Å². The summed E-state index contributed by atoms with van der Waals surface area (Å²) >= 11 is 0. The highest BCUT2D eigenvalue weighted by atomic mass is 16.5. The van der Waals surface area contributed by atoms with Crippen LogP contribution in [0.5, 0.6) is 5.75 Å². The number of amides is 1. The maximum atomic E-state index is 12.7. The molecular formula is C22H24N2O3. The first-order valence-electron chi connectivity index (χ1n) is 8.89. The van der Waals surface area contributed by atoms with Gasteiger partial charge in [0.25, 0.3) is 5.91 Å². The number of anilines is 1. The van der Waals surface area contributed by atoms with Crippen molar-refractivity contribution in [3.8, 4) is 5.75 Å². The molecule has 5 heteroatoms. The molecule has 0 spiro atoms. The smallest absolute Gasteiger partial charge is 0.278 e. The van der Waals surface area contributed by atoms with Crippen molar-refractivity contribution in [3.63, 3.8) is 0 Å². The Morgan fingerprint density at radius 2 is 1.81 bits per heavy atom. The van der Waals surface area contributed by atoms with E-state index >= 15 is 0 Å². The number of ether oxygens (including phenoxy) is 1. The number of rotatable bonds is 5. The molecule has 0 aliphatic carbocycles. The minimum Gasteiger partial charge on any atom is -0.489 e. The summed E-state index contributed by atoms with van der Waals surface area (Å²) in [5.74, 6) is 1.02. The van der Waals surface area contributed by atoms with Gasteiger partial charge in [-0.1, -0.05) is 23.4 Å². The molecule has 5 nitrogen and oxygen atoms in total. The number of aromatic nitrogens is 1. The first-order valence-corrected chi connectivity index (χ1v) is 8.89. The highest BCUT2D eigenvalue weighted by Gasteiger charge is 2.21. The molecule has 140 valence electrons. The fraction of sp³-hybridized carbons (Fsp3) is 0.273. The Balaban J connectivity index is 1.78. The summed E-state index contributed by atoms with van der Waals surface area (Å²) in [7, 11) is 0. The fourth-order valence-electron chi connectivity index (χ4n) is 2.77. The summed E-state index contributed by atoms with van der Waals surface area (Å²) in [6.45, 7) is 10.1. The van der Waals surface area contributed by atoms with Crippen molar-refractivity contribution < 1.29 is 14.1 Å². The van der Waals surface area contributed by atoms with Gasteiger partial charge >= 0.3 is 0 Å². The van der Waals surface area contributed by atoms with Gasteiger partial charge in [0.15, 0.2) is 5.69 Å². The standard InChI is InChI=1S/C22H24N2O3/c1-13-9-10-18(11-15(13)3)26-12-19-17(5)27-24-21(19)22(25)23-20-8-6-7-14(2)16(20)4/h6-11H,12H2,1-5H3,(H,23,25). The van der Waals surface area contributed by atoms with E-state index < -0.39 is 0 Å². The fourth-order valence-corrected chi connectivity index (χ4v) is 2.77. The molecule has 0 unspecified atom stereocenters. The van der Waals surface area contributed by atoms with Gasteiger partial charge in [-0.25, -0.2) is 0 Å². The van der Waals surface area contributed by atoms with Crippen molar-refractivity contribution in [2.45, 2.75) is 41.2 Å². The van der Waals surface area contributed by atoms with Crippen LogP contribution in [-0.2, 0) is 6.61 Å². The molecule has 1 heterocycles. The number of nitrogens with one attached hydrogen (secondary N) is 1. The number of aryl methyl sites for hydroxylation is 4. The van der Waals surface area contributed by atoms with Crippen LogP contribution >= 0.6 is 0 Å². The summed E-state index contributed by atoms with van der Waals surface area (Å²) in [5.41, 5.74) is 6.16. The molecule has 1 N–H and O–H groups in total. The predicted octanol–water partition coefficient (Wildman–Crippen LogP) is 5.05. The lowest BCUT2D eigenvalue weighted by molar-refractivity contribution is 0.101. The van der Waals surface area contributed by atoms with Crippen LogP contribution in [0.2, 0.25) is 0 Å². The van der Waals surface area contributed by atoms with Crippen LogP contribution in [0.1, 0.15) is 44.1 Å². The minimum atomic E-state index is -0.306. The zero-order valence-electron chi connectivity index (χ0n) is 16.3. The van der Waals surface area contributed by atoms with E-state index in [4.69, 9.17) is 9.26 Å². The molecular weight excluding hydrogens is 340 g/mol. The third-order valence-corrected chi connectivity index (χ3v) is 4.91. The van der Waals surface area contributed by atoms with Gasteiger partial charge in [-0.2, -0.15) is 0 Å². The van der Waals surface area contributed by atoms with Crippen LogP contribution in [0.3, 0.4) is 0 Å². The zero-order valence-corrected chi connectivity index (χ0v) is 16.3. The molecule has 3 aromatic rings. The van der Waals surface area contributed by atoms with Gasteiger partial charge in [0.05, 0.1) is 5.56 Å². The Hall–Kier alpha value is -3.08. The summed E-state index contributed by atoms with van der Waals surface area (Å²) in [4.78, 5) is 12.7. The second kappa shape index (κ2) is 7.66. The number of nitrogens with zero attached hydrogens (tertiary/aromatic N) is 1. The van der Waals surface area contributed by atoms with Crippen molar-refractivity contribution in [2.24, 2.45) is 0 Å². The lowest BCUT2D eigenvalue weighted by atomic mass is 10.1. The van der Waals surface area contributed by atoms with Gasteiger partial charge in [-0.3, -0.25) is 4.79 Å². The molecule has 27 heavy (non-hydrogen) atoms. The third-order valence-electron chi connectivity index (χ3n) is 4.91. The average molecular weight is 364 g/mol. The molecule has 0 bridgehead atoms. The quantitative estimate of drug-likeness (QED) is 0.688. The van der Waals surface area contributed by atoms with Gasteiger partial charge in [-0.15, -0.1) is 0 Å². The lowest BCUT2D eigenvalue weighted by Gasteiger charge is -2.11. The highest BCUT2D eigenvalue weighted by Crippen LogP contribution is 2.23. The SMILES string of the molecule is Cc1ccc(OCc2c(C(=O)Nc3cccc(C)c3C)noc2C)cc1C. The van der Waals surface area contributed by atoms with Crippen molar-refractivity contribution in [1.82, 2.24) is 5.16 Å². The molecule has 3 rings (SSSR count). The van der Waals surface area contributed by atoms with Crippen LogP contribution in [-0.4, -0.2) is 11.1 Å². The van der Waals surface area contributed by atoms with E-state index in [2.05, 4.69) is 17.4 Å². The van der Waals surface area contributed by atoms with Gasteiger partial charge in [0.2, 0.25) is 0 Å². The Bertz CT molecular complexity index is 989. The maximum Gasteiger partial charge on any atom is 0.278 e. The average Bonchev–Trinajstić information content (AvgIpc) is 3.01. The van der Waals surface area contributed by atoms with E-state index in [0.717, 1.165) is 28.1 Å². The Morgan fingerprint density at radius 1 is 1.04 bits per heavy atom. The summed E-state index contributed by atoms with van der Waals surface area (Å²) in [5, 5.41) is 6.86. The maximum absolute atomic E-state index is 12.7. The van der Waals surface area contributed by atoms with Crippen LogP contribution in [0.4, 0.5) is 5.69 Å². The molecule has 0 fully saturated rings. The van der Waals surface area contributed by atoms with Crippen LogP contribution in [0.25, 0.3) is 0 Å². The Labute approximate surface area is 159 Å². The van der Waals surface area contributed by atoms with Crippen LogP contribution in [0.15, 0.2) is 40.9 Å². The van der Waals surface area contributed by atoms with Crippen LogP contribution in [0, 0.1) is 34.6 Å². The second-order valence-corrected chi connectivity index (χ2v) is 6.80. The molecule has 2 aromatic carbocycles. The molecule has 0 aliphatic rings. The lowest BCUT2D eigenvalue weighted by Crippen LogP contribution is -2.16. The summed E-state index contributed by atoms with van der Waals surface area (Å²) < 4.78 is 11.1. The van der Waals surface area contributed by atoms with Gasteiger partial charge in [0.1, 0.15) is 18.1 Å². The van der Waals surface area contributed by atoms with Crippen LogP contribution < -0.4 is 10.1 Å². The summed E-state index contributed by atoms with van der Waals surface area (Å²) in [6.07, 6.45) is 0. The van der Waals surface area contributed by atoms with Gasteiger partial charge in [-0.05, 0) is 75.1 Å². The zero-order chi connectivity index (χ0) is 19.6. The molecule has 0 radical (unpaired) electrons. The highest BCUT2D eigenvalue weighted by molar-refractivity contribution is 6.04. The number of hydrogen-bond donors (Lipinski definition) is 1. The van der Waals surface area contributed by atoms with Crippen molar-refractivity contribution >= 4 is 11.6 Å². The number of hydrogen-bond acceptors (Lipinski definition) is 4. The molecule has 1 amide bonds. The molecule has 0 saturated carbocycles. The molecule has 0 atom stereocenters. The topological polar surface area (TPSA) is 64.4 Å². The van der Waals surface area contributed by atoms with Gasteiger partial charge in [0, 0.05) is 5.69 Å². The van der Waals surface area contributed by atoms with Crippen molar-refractivity contribution in [2.75, 3.05) is 5.32 Å². The monoisotopic (exact) mass is 364 g/mol. The first-order chi connectivity index (χ1) is 12.9. The third kappa shape index (κ3) is 4.03. The molecule has 0 aliphatic heterocycles. The first kappa shape index (κ1) is 18.7. The molecule has 0 saturated heterocycles. The number of carbonyl (C=O) groups is 1. The predicted molar refractivity (Wildman–Crippen MR) is 105 cm³/mol. The van der Waals surface area contributed by atoms with Crippen molar-refractivity contribution in [3.05, 3.63) is 75.7 Å². The summed E-state index contributed by atoms with van der Waals surface area (Å²) in [6, 6.07) is 11.7.